The summed E-state index contributed by atoms with van der Waals surface area (Å²) in [5, 5.41) is 13.9. The van der Waals surface area contributed by atoms with Gasteiger partial charge in [-0.25, -0.2) is 0 Å². The molecule has 2 aromatic rings. The first-order chi connectivity index (χ1) is 10.0. The third kappa shape index (κ3) is 3.95. The molecule has 0 aliphatic rings. The Balaban J connectivity index is 2.10. The van der Waals surface area contributed by atoms with Gasteiger partial charge in [0.25, 0.3) is 5.69 Å². The predicted octanol–water partition coefficient (Wildman–Crippen LogP) is 4.74. The van der Waals surface area contributed by atoms with E-state index < -0.39 is 4.92 Å². The summed E-state index contributed by atoms with van der Waals surface area (Å²) in [5.41, 5.74) is 1.92. The zero-order chi connectivity index (χ0) is 15.4. The van der Waals surface area contributed by atoms with Crippen LogP contribution in [0.15, 0.2) is 45.3 Å². The molecule has 0 aliphatic carbocycles. The summed E-state index contributed by atoms with van der Waals surface area (Å²) in [7, 11) is 1.61. The number of benzene rings is 2. The number of rotatable bonds is 5. The van der Waals surface area contributed by atoms with E-state index in [9.17, 15) is 10.1 Å². The number of nitro benzene ring substituents is 1. The Hall–Kier alpha value is -1.60. The van der Waals surface area contributed by atoms with E-state index in [0.717, 1.165) is 25.9 Å². The van der Waals surface area contributed by atoms with Crippen LogP contribution in [0.2, 0.25) is 0 Å². The fourth-order valence-electron chi connectivity index (χ4n) is 1.75. The first kappa shape index (κ1) is 15.8. The molecular weight excluding hydrogens is 404 g/mol. The van der Waals surface area contributed by atoms with Gasteiger partial charge in [-0.3, -0.25) is 10.1 Å². The van der Waals surface area contributed by atoms with Crippen molar-refractivity contribution >= 4 is 43.2 Å². The van der Waals surface area contributed by atoms with Crippen molar-refractivity contribution < 1.29 is 9.66 Å². The third-order valence-electron chi connectivity index (χ3n) is 2.87. The molecule has 0 atom stereocenters. The van der Waals surface area contributed by atoms with Crippen molar-refractivity contribution in [3.63, 3.8) is 0 Å². The van der Waals surface area contributed by atoms with Crippen LogP contribution in [0.25, 0.3) is 0 Å². The molecule has 0 radical (unpaired) electrons. The SMILES string of the molecule is COc1cc(NCc2ccc([N+](=O)[O-])cc2)c(Br)cc1Br. The second kappa shape index (κ2) is 6.91. The molecule has 0 saturated carbocycles. The molecule has 110 valence electrons. The standard InChI is InChI=1S/C14H12Br2N2O3/c1-21-14-7-13(11(15)6-12(14)16)17-8-9-2-4-10(5-3-9)18(19)20/h2-7,17H,8H2,1H3. The number of ether oxygens (including phenoxy) is 1. The Morgan fingerprint density at radius 1 is 1.19 bits per heavy atom. The number of halogens is 2. The van der Waals surface area contributed by atoms with Gasteiger partial charge in [-0.05, 0) is 43.5 Å². The fourth-order valence-corrected chi connectivity index (χ4v) is 3.05. The summed E-state index contributed by atoms with van der Waals surface area (Å²) in [6.45, 7) is 0.557. The van der Waals surface area contributed by atoms with E-state index in [4.69, 9.17) is 4.74 Å². The largest absolute Gasteiger partial charge is 0.495 e. The number of nitrogens with one attached hydrogen (secondary N) is 1. The zero-order valence-corrected chi connectivity index (χ0v) is 14.3. The highest BCUT2D eigenvalue weighted by molar-refractivity contribution is 9.11. The monoisotopic (exact) mass is 414 g/mol. The summed E-state index contributed by atoms with van der Waals surface area (Å²) in [6, 6.07) is 10.2. The van der Waals surface area contributed by atoms with Crippen LogP contribution >= 0.6 is 31.9 Å². The van der Waals surface area contributed by atoms with Crippen molar-refractivity contribution in [3.8, 4) is 5.75 Å². The minimum atomic E-state index is -0.409. The molecule has 0 unspecified atom stereocenters. The van der Waals surface area contributed by atoms with Gasteiger partial charge in [0.1, 0.15) is 5.75 Å². The van der Waals surface area contributed by atoms with E-state index in [1.54, 1.807) is 19.2 Å². The minimum absolute atomic E-state index is 0.0882. The smallest absolute Gasteiger partial charge is 0.269 e. The van der Waals surface area contributed by atoms with Crippen molar-refractivity contribution in [2.75, 3.05) is 12.4 Å². The molecule has 0 aliphatic heterocycles. The van der Waals surface area contributed by atoms with Gasteiger partial charge in [-0.15, -0.1) is 0 Å². The molecule has 21 heavy (non-hydrogen) atoms. The molecule has 0 spiro atoms. The lowest BCUT2D eigenvalue weighted by Crippen LogP contribution is -2.01. The maximum atomic E-state index is 10.6. The van der Waals surface area contributed by atoms with Crippen molar-refractivity contribution in [2.45, 2.75) is 6.54 Å². The number of anilines is 1. The van der Waals surface area contributed by atoms with Crippen LogP contribution in [0.3, 0.4) is 0 Å². The van der Waals surface area contributed by atoms with E-state index >= 15 is 0 Å². The molecule has 0 bridgehead atoms. The summed E-state index contributed by atoms with van der Waals surface area (Å²) in [4.78, 5) is 10.2. The summed E-state index contributed by atoms with van der Waals surface area (Å²) < 4.78 is 7.01. The van der Waals surface area contributed by atoms with Gasteiger partial charge in [0.15, 0.2) is 0 Å². The average molecular weight is 416 g/mol. The first-order valence-electron chi connectivity index (χ1n) is 6.01. The van der Waals surface area contributed by atoms with E-state index in [1.165, 1.54) is 12.1 Å². The zero-order valence-electron chi connectivity index (χ0n) is 11.1. The Morgan fingerprint density at radius 2 is 1.86 bits per heavy atom. The second-order valence-electron chi connectivity index (χ2n) is 4.24. The van der Waals surface area contributed by atoms with Crippen molar-refractivity contribution in [1.29, 1.82) is 0 Å². The Bertz CT molecular complexity index is 660. The third-order valence-corrected chi connectivity index (χ3v) is 4.15. The molecule has 0 fully saturated rings. The molecule has 2 rings (SSSR count). The van der Waals surface area contributed by atoms with Crippen LogP contribution in [0.5, 0.6) is 5.75 Å². The highest BCUT2D eigenvalue weighted by atomic mass is 79.9. The van der Waals surface area contributed by atoms with Crippen LogP contribution in [0.1, 0.15) is 5.56 Å². The first-order valence-corrected chi connectivity index (χ1v) is 7.60. The van der Waals surface area contributed by atoms with Crippen LogP contribution in [-0.2, 0) is 6.54 Å². The summed E-state index contributed by atoms with van der Waals surface area (Å²) in [5.74, 6) is 0.726. The number of nitrogens with zero attached hydrogens (tertiary/aromatic N) is 1. The van der Waals surface area contributed by atoms with Crippen molar-refractivity contribution in [3.05, 3.63) is 61.0 Å². The van der Waals surface area contributed by atoms with Gasteiger partial charge in [0.2, 0.25) is 0 Å². The molecule has 0 heterocycles. The van der Waals surface area contributed by atoms with Crippen LogP contribution in [0, 0.1) is 10.1 Å². The quantitative estimate of drug-likeness (QED) is 0.565. The number of non-ortho nitro benzene ring substituents is 1. The predicted molar refractivity (Wildman–Crippen MR) is 88.8 cm³/mol. The molecular formula is C14H12Br2N2O3. The van der Waals surface area contributed by atoms with Crippen LogP contribution < -0.4 is 10.1 Å². The van der Waals surface area contributed by atoms with E-state index in [2.05, 4.69) is 37.2 Å². The van der Waals surface area contributed by atoms with Gasteiger partial charge in [0, 0.05) is 29.2 Å². The Morgan fingerprint density at radius 3 is 2.43 bits per heavy atom. The highest BCUT2D eigenvalue weighted by Gasteiger charge is 2.08. The minimum Gasteiger partial charge on any atom is -0.495 e. The molecule has 1 N–H and O–H groups in total. The maximum Gasteiger partial charge on any atom is 0.269 e. The molecule has 2 aromatic carbocycles. The molecule has 0 aromatic heterocycles. The van der Waals surface area contributed by atoms with Gasteiger partial charge in [0.05, 0.1) is 22.2 Å². The number of hydrogen-bond donors (Lipinski definition) is 1. The molecule has 5 nitrogen and oxygen atoms in total. The topological polar surface area (TPSA) is 64.4 Å². The fraction of sp³-hybridized carbons (Fsp3) is 0.143. The molecule has 0 saturated heterocycles. The molecule has 7 heteroatoms. The normalized spacial score (nSPS) is 10.2. The van der Waals surface area contributed by atoms with Crippen LogP contribution in [-0.4, -0.2) is 12.0 Å². The lowest BCUT2D eigenvalue weighted by molar-refractivity contribution is -0.384. The molecule has 0 amide bonds. The van der Waals surface area contributed by atoms with Crippen molar-refractivity contribution in [1.82, 2.24) is 0 Å². The van der Waals surface area contributed by atoms with Gasteiger partial charge < -0.3 is 10.1 Å². The average Bonchev–Trinajstić information content (AvgIpc) is 2.47. The van der Waals surface area contributed by atoms with Crippen molar-refractivity contribution in [2.24, 2.45) is 0 Å². The van der Waals surface area contributed by atoms with E-state index in [0.29, 0.717) is 6.54 Å². The lowest BCUT2D eigenvalue weighted by atomic mass is 10.2. The van der Waals surface area contributed by atoms with Gasteiger partial charge in [-0.1, -0.05) is 12.1 Å². The highest BCUT2D eigenvalue weighted by Crippen LogP contribution is 2.34. The second-order valence-corrected chi connectivity index (χ2v) is 5.95. The van der Waals surface area contributed by atoms with Crippen LogP contribution in [0.4, 0.5) is 11.4 Å². The van der Waals surface area contributed by atoms with E-state index in [1.807, 2.05) is 12.1 Å². The lowest BCUT2D eigenvalue weighted by Gasteiger charge is -2.12. The number of methoxy groups -OCH3 is 1. The summed E-state index contributed by atoms with van der Waals surface area (Å²) >= 11 is 6.89. The Kier molecular flexibility index (Phi) is 5.19. The maximum absolute atomic E-state index is 10.6. The number of nitro groups is 1. The number of hydrogen-bond acceptors (Lipinski definition) is 4. The summed E-state index contributed by atoms with van der Waals surface area (Å²) in [6.07, 6.45) is 0. The van der Waals surface area contributed by atoms with Gasteiger partial charge >= 0.3 is 0 Å². The Labute approximate surface area is 138 Å². The van der Waals surface area contributed by atoms with Gasteiger partial charge in [-0.2, -0.15) is 0 Å². The van der Waals surface area contributed by atoms with E-state index in [-0.39, 0.29) is 5.69 Å².